The van der Waals surface area contributed by atoms with E-state index in [9.17, 15) is 4.39 Å². The van der Waals surface area contributed by atoms with E-state index in [1.54, 1.807) is 27.3 Å². The number of methoxy groups -OCH3 is 2. The summed E-state index contributed by atoms with van der Waals surface area (Å²) in [4.78, 5) is 6.86. The van der Waals surface area contributed by atoms with Crippen molar-refractivity contribution < 1.29 is 13.9 Å². The van der Waals surface area contributed by atoms with Crippen molar-refractivity contribution in [1.82, 2.24) is 15.5 Å². The van der Waals surface area contributed by atoms with Gasteiger partial charge in [0, 0.05) is 32.8 Å². The predicted octanol–water partition coefficient (Wildman–Crippen LogP) is 4.10. The Morgan fingerprint density at radius 2 is 1.91 bits per heavy atom. The fourth-order valence-corrected chi connectivity index (χ4v) is 3.96. The Morgan fingerprint density at radius 3 is 2.59 bits per heavy atom. The molecule has 0 aliphatic carbocycles. The fraction of sp³-hybridized carbons (Fsp3) is 0.458. The number of hydrogen-bond acceptors (Lipinski definition) is 4. The summed E-state index contributed by atoms with van der Waals surface area (Å²) in [5.41, 5.74) is 2.75. The number of nitrogens with zero attached hydrogens (tertiary/aromatic N) is 2. The van der Waals surface area contributed by atoms with Crippen LogP contribution in [0.3, 0.4) is 0 Å². The van der Waals surface area contributed by atoms with Crippen molar-refractivity contribution in [3.63, 3.8) is 0 Å². The van der Waals surface area contributed by atoms with Crippen LogP contribution in [0.25, 0.3) is 0 Å². The van der Waals surface area contributed by atoms with Gasteiger partial charge in [0.05, 0.1) is 19.8 Å². The van der Waals surface area contributed by atoms with E-state index in [0.717, 1.165) is 30.9 Å². The van der Waals surface area contributed by atoms with Gasteiger partial charge in [0.15, 0.2) is 5.96 Å². The van der Waals surface area contributed by atoms with Crippen LogP contribution in [0.4, 0.5) is 4.39 Å². The van der Waals surface area contributed by atoms with Crippen LogP contribution >= 0.6 is 24.0 Å². The molecule has 1 fully saturated rings. The lowest BCUT2D eigenvalue weighted by molar-refractivity contribution is 0.181. The molecule has 0 aromatic heterocycles. The highest BCUT2D eigenvalue weighted by molar-refractivity contribution is 14.0. The highest BCUT2D eigenvalue weighted by Gasteiger charge is 2.24. The van der Waals surface area contributed by atoms with Crippen molar-refractivity contribution in [3.8, 4) is 5.75 Å². The average Bonchev–Trinajstić information content (AvgIpc) is 3.33. The molecule has 3 rings (SSSR count). The van der Waals surface area contributed by atoms with Crippen LogP contribution in [0.2, 0.25) is 0 Å². The first-order valence-corrected chi connectivity index (χ1v) is 10.7. The third kappa shape index (κ3) is 7.31. The van der Waals surface area contributed by atoms with Gasteiger partial charge < -0.3 is 20.1 Å². The van der Waals surface area contributed by atoms with Gasteiger partial charge in [0.1, 0.15) is 11.6 Å². The summed E-state index contributed by atoms with van der Waals surface area (Å²) in [6, 6.07) is 13.6. The van der Waals surface area contributed by atoms with E-state index in [1.807, 2.05) is 18.2 Å². The smallest absolute Gasteiger partial charge is 0.191 e. The van der Waals surface area contributed by atoms with Gasteiger partial charge in [-0.05, 0) is 61.3 Å². The number of likely N-dealkylation sites (tertiary alicyclic amines) is 1. The second kappa shape index (κ2) is 13.6. The fourth-order valence-electron chi connectivity index (χ4n) is 3.96. The molecule has 8 heteroatoms. The van der Waals surface area contributed by atoms with Crippen molar-refractivity contribution in [2.75, 3.05) is 40.9 Å². The molecule has 32 heavy (non-hydrogen) atoms. The van der Waals surface area contributed by atoms with Gasteiger partial charge in [0.2, 0.25) is 0 Å². The number of aliphatic imine (C=N–C) groups is 1. The number of guanidine groups is 1. The normalized spacial score (nSPS) is 15.2. The Bertz CT molecular complexity index is 875. The lowest BCUT2D eigenvalue weighted by atomic mass is 10.1. The zero-order valence-electron chi connectivity index (χ0n) is 19.1. The molecule has 1 heterocycles. The minimum Gasteiger partial charge on any atom is -0.497 e. The number of halogens is 2. The summed E-state index contributed by atoms with van der Waals surface area (Å²) >= 11 is 0. The summed E-state index contributed by atoms with van der Waals surface area (Å²) in [7, 11) is 5.02. The molecule has 0 radical (unpaired) electrons. The van der Waals surface area contributed by atoms with E-state index in [2.05, 4.69) is 32.7 Å². The lowest BCUT2D eigenvalue weighted by Crippen LogP contribution is -2.42. The average molecular weight is 556 g/mol. The van der Waals surface area contributed by atoms with E-state index < -0.39 is 0 Å². The summed E-state index contributed by atoms with van der Waals surface area (Å²) in [5.74, 6) is 1.33. The van der Waals surface area contributed by atoms with Crippen LogP contribution in [0.5, 0.6) is 5.75 Å². The summed E-state index contributed by atoms with van der Waals surface area (Å²) in [6.07, 6.45) is 2.45. The van der Waals surface area contributed by atoms with Crippen LogP contribution in [0, 0.1) is 5.82 Å². The molecular weight excluding hydrogens is 522 g/mol. The Labute approximate surface area is 207 Å². The lowest BCUT2D eigenvalue weighted by Gasteiger charge is -2.29. The third-order valence-electron chi connectivity index (χ3n) is 5.62. The molecule has 0 saturated carbocycles. The number of hydrogen-bond donors (Lipinski definition) is 2. The molecule has 1 atom stereocenters. The molecular formula is C24H34FIN4O2. The molecule has 2 N–H and O–H groups in total. The van der Waals surface area contributed by atoms with Gasteiger partial charge in [-0.25, -0.2) is 4.39 Å². The zero-order valence-corrected chi connectivity index (χ0v) is 21.4. The molecule has 0 bridgehead atoms. The Kier molecular flexibility index (Phi) is 11.2. The largest absolute Gasteiger partial charge is 0.497 e. The molecule has 2 aromatic carbocycles. The van der Waals surface area contributed by atoms with Crippen LogP contribution in [0.15, 0.2) is 47.5 Å². The topological polar surface area (TPSA) is 58.1 Å². The van der Waals surface area contributed by atoms with Crippen molar-refractivity contribution in [2.45, 2.75) is 32.0 Å². The number of nitrogens with one attached hydrogen (secondary N) is 2. The first-order chi connectivity index (χ1) is 15.1. The van der Waals surface area contributed by atoms with Gasteiger partial charge in [0.25, 0.3) is 0 Å². The zero-order chi connectivity index (χ0) is 22.1. The van der Waals surface area contributed by atoms with E-state index >= 15 is 0 Å². The van der Waals surface area contributed by atoms with Crippen LogP contribution in [-0.4, -0.2) is 51.8 Å². The standard InChI is InChI=1S/C24H33FN4O2.HI/c1-26-24(27-15-18-9-10-22(25)20(13-18)17-30-2)28-16-23(29-11-4-5-12-29)19-7-6-8-21(14-19)31-3;/h6-10,13-14,23H,4-5,11-12,15-17H2,1-3H3,(H2,26,27,28);1H. The second-order valence-electron chi connectivity index (χ2n) is 7.70. The van der Waals surface area contributed by atoms with Gasteiger partial charge in [-0.1, -0.05) is 18.2 Å². The third-order valence-corrected chi connectivity index (χ3v) is 5.62. The number of ether oxygens (including phenoxy) is 2. The van der Waals surface area contributed by atoms with E-state index in [4.69, 9.17) is 9.47 Å². The molecule has 1 saturated heterocycles. The highest BCUT2D eigenvalue weighted by Crippen LogP contribution is 2.27. The van der Waals surface area contributed by atoms with E-state index in [0.29, 0.717) is 18.1 Å². The minimum absolute atomic E-state index is 0. The minimum atomic E-state index is -0.250. The van der Waals surface area contributed by atoms with Crippen molar-refractivity contribution >= 4 is 29.9 Å². The summed E-state index contributed by atoms with van der Waals surface area (Å²) in [6.45, 7) is 3.71. The Morgan fingerprint density at radius 1 is 1.12 bits per heavy atom. The van der Waals surface area contributed by atoms with Crippen molar-refractivity contribution in [1.29, 1.82) is 0 Å². The maximum Gasteiger partial charge on any atom is 0.191 e. The SMILES string of the molecule is CN=C(NCc1ccc(F)c(COC)c1)NCC(c1cccc(OC)c1)N1CCCC1.I. The molecule has 1 unspecified atom stereocenters. The molecule has 6 nitrogen and oxygen atoms in total. The van der Waals surface area contributed by atoms with Crippen molar-refractivity contribution in [2.24, 2.45) is 4.99 Å². The maximum atomic E-state index is 13.8. The molecule has 176 valence electrons. The molecule has 0 amide bonds. The Hall–Kier alpha value is -1.91. The molecule has 2 aromatic rings. The monoisotopic (exact) mass is 556 g/mol. The summed E-state index contributed by atoms with van der Waals surface area (Å²) < 4.78 is 24.3. The maximum absolute atomic E-state index is 13.8. The number of benzene rings is 2. The van der Waals surface area contributed by atoms with Gasteiger partial charge in [-0.3, -0.25) is 9.89 Å². The van der Waals surface area contributed by atoms with Gasteiger partial charge >= 0.3 is 0 Å². The van der Waals surface area contributed by atoms with Crippen molar-refractivity contribution in [3.05, 3.63) is 65.0 Å². The highest BCUT2D eigenvalue weighted by atomic mass is 127. The molecule has 0 spiro atoms. The van der Waals surface area contributed by atoms with Crippen LogP contribution < -0.4 is 15.4 Å². The molecule has 1 aliphatic rings. The van der Waals surface area contributed by atoms with Crippen LogP contribution in [-0.2, 0) is 17.9 Å². The predicted molar refractivity (Wildman–Crippen MR) is 137 cm³/mol. The number of rotatable bonds is 9. The molecule has 1 aliphatic heterocycles. The van der Waals surface area contributed by atoms with E-state index in [-0.39, 0.29) is 42.4 Å². The van der Waals surface area contributed by atoms with Crippen LogP contribution in [0.1, 0.15) is 35.6 Å². The quantitative estimate of drug-likeness (QED) is 0.277. The first-order valence-electron chi connectivity index (χ1n) is 10.7. The first kappa shape index (κ1) is 26.3. The summed E-state index contributed by atoms with van der Waals surface area (Å²) in [5, 5.41) is 6.79. The second-order valence-corrected chi connectivity index (χ2v) is 7.70. The van der Waals surface area contributed by atoms with E-state index in [1.165, 1.54) is 24.5 Å². The Balaban J connectivity index is 0.00000363. The van der Waals surface area contributed by atoms with Gasteiger partial charge in [-0.2, -0.15) is 0 Å². The van der Waals surface area contributed by atoms with Gasteiger partial charge in [-0.15, -0.1) is 24.0 Å².